The molecule has 5 heteroatoms. The van der Waals surface area contributed by atoms with Gasteiger partial charge in [0.1, 0.15) is 0 Å². The lowest BCUT2D eigenvalue weighted by molar-refractivity contribution is -0.135. The van der Waals surface area contributed by atoms with Gasteiger partial charge in [-0.05, 0) is 46.9 Å². The van der Waals surface area contributed by atoms with Gasteiger partial charge in [-0.3, -0.25) is 9.59 Å². The van der Waals surface area contributed by atoms with Crippen LogP contribution in [-0.4, -0.2) is 29.8 Å². The maximum atomic E-state index is 13.0. The smallest absolute Gasteiger partial charge is 0.227 e. The molecule has 0 radical (unpaired) electrons. The zero-order chi connectivity index (χ0) is 20.9. The Kier molecular flexibility index (Phi) is 6.48. The first kappa shape index (κ1) is 20.6. The highest BCUT2D eigenvalue weighted by atomic mass is 79.9. The van der Waals surface area contributed by atoms with E-state index in [2.05, 4.69) is 39.4 Å². The number of fused-ring (bicyclic) bond motifs is 1. The molecule has 1 saturated heterocycles. The Hall–Kier alpha value is -2.66. The summed E-state index contributed by atoms with van der Waals surface area (Å²) < 4.78 is 0.997. The van der Waals surface area contributed by atoms with Crippen LogP contribution in [0.5, 0.6) is 0 Å². The minimum atomic E-state index is -0.151. The number of likely N-dealkylation sites (tertiary alicyclic amines) is 1. The molecule has 0 bridgehead atoms. The number of rotatable bonds is 5. The second-order valence-corrected chi connectivity index (χ2v) is 8.76. The third-order valence-corrected chi connectivity index (χ3v) is 6.22. The first-order chi connectivity index (χ1) is 14.6. The van der Waals surface area contributed by atoms with Crippen molar-refractivity contribution in [2.75, 3.05) is 13.1 Å². The summed E-state index contributed by atoms with van der Waals surface area (Å²) in [5.41, 5.74) is 2.09. The van der Waals surface area contributed by atoms with Crippen LogP contribution in [-0.2, 0) is 22.6 Å². The van der Waals surface area contributed by atoms with Gasteiger partial charge in [0.05, 0.1) is 12.3 Å². The van der Waals surface area contributed by atoms with E-state index in [-0.39, 0.29) is 17.7 Å². The maximum absolute atomic E-state index is 13.0. The van der Waals surface area contributed by atoms with E-state index in [4.69, 9.17) is 0 Å². The highest BCUT2D eigenvalue weighted by molar-refractivity contribution is 9.10. The summed E-state index contributed by atoms with van der Waals surface area (Å²) >= 11 is 3.45. The third-order valence-electron chi connectivity index (χ3n) is 5.72. The van der Waals surface area contributed by atoms with Crippen molar-refractivity contribution in [1.29, 1.82) is 0 Å². The Morgan fingerprint density at radius 1 is 1.03 bits per heavy atom. The summed E-state index contributed by atoms with van der Waals surface area (Å²) in [6.45, 7) is 1.71. The average molecular weight is 465 g/mol. The van der Waals surface area contributed by atoms with Crippen LogP contribution in [0.25, 0.3) is 10.8 Å². The number of amides is 2. The predicted molar refractivity (Wildman–Crippen MR) is 123 cm³/mol. The number of hydrogen-bond acceptors (Lipinski definition) is 2. The number of piperidine rings is 1. The van der Waals surface area contributed by atoms with Gasteiger partial charge < -0.3 is 10.2 Å². The van der Waals surface area contributed by atoms with E-state index in [1.807, 2.05) is 53.4 Å². The van der Waals surface area contributed by atoms with E-state index < -0.39 is 0 Å². The molecule has 0 saturated carbocycles. The summed E-state index contributed by atoms with van der Waals surface area (Å²) in [7, 11) is 0. The first-order valence-electron chi connectivity index (χ1n) is 10.4. The zero-order valence-corrected chi connectivity index (χ0v) is 18.4. The molecule has 1 heterocycles. The van der Waals surface area contributed by atoms with E-state index in [1.165, 1.54) is 0 Å². The average Bonchev–Trinajstić information content (AvgIpc) is 2.78. The molecule has 0 aliphatic carbocycles. The molecule has 0 aromatic heterocycles. The molecular formula is C25H25BrN2O2. The highest BCUT2D eigenvalue weighted by Crippen LogP contribution is 2.22. The van der Waals surface area contributed by atoms with Gasteiger partial charge in [0.25, 0.3) is 0 Å². The number of nitrogens with one attached hydrogen (secondary N) is 1. The quantitative estimate of drug-likeness (QED) is 0.594. The SMILES string of the molecule is O=C(NCc1cccc(Br)c1)C1CCCN(C(=O)Cc2cccc3ccccc23)C1. The minimum absolute atomic E-state index is 0.0256. The fourth-order valence-corrected chi connectivity index (χ4v) is 4.57. The Morgan fingerprint density at radius 2 is 1.83 bits per heavy atom. The molecule has 1 N–H and O–H groups in total. The Labute approximate surface area is 185 Å². The molecular weight excluding hydrogens is 440 g/mol. The molecule has 3 aromatic rings. The number of carbonyl (C=O) groups excluding carboxylic acids is 2. The van der Waals surface area contributed by atoms with E-state index in [0.29, 0.717) is 19.5 Å². The molecule has 1 unspecified atom stereocenters. The van der Waals surface area contributed by atoms with Gasteiger partial charge in [-0.1, -0.05) is 70.5 Å². The summed E-state index contributed by atoms with van der Waals surface area (Å²) in [6, 6.07) is 22.1. The topological polar surface area (TPSA) is 49.4 Å². The van der Waals surface area contributed by atoms with E-state index in [9.17, 15) is 9.59 Å². The normalized spacial score (nSPS) is 16.4. The Bertz CT molecular complexity index is 1060. The van der Waals surface area contributed by atoms with E-state index in [1.54, 1.807) is 0 Å². The fraction of sp³-hybridized carbons (Fsp3) is 0.280. The highest BCUT2D eigenvalue weighted by Gasteiger charge is 2.28. The predicted octanol–water partition coefficient (Wildman–Crippen LogP) is 4.70. The molecule has 1 atom stereocenters. The first-order valence-corrected chi connectivity index (χ1v) is 11.2. The lowest BCUT2D eigenvalue weighted by Crippen LogP contribution is -2.45. The lowest BCUT2D eigenvalue weighted by Gasteiger charge is -2.32. The summed E-state index contributed by atoms with van der Waals surface area (Å²) in [4.78, 5) is 27.5. The van der Waals surface area contributed by atoms with E-state index >= 15 is 0 Å². The standard InChI is InChI=1S/C25H25BrN2O2/c26-22-11-3-6-18(14-22)16-27-25(30)21-10-5-13-28(17-21)24(29)15-20-9-4-8-19-7-1-2-12-23(19)20/h1-4,6-9,11-12,14,21H,5,10,13,15-17H2,(H,27,30). The number of nitrogens with zero attached hydrogens (tertiary/aromatic N) is 1. The monoisotopic (exact) mass is 464 g/mol. The van der Waals surface area contributed by atoms with Crippen molar-refractivity contribution >= 4 is 38.5 Å². The van der Waals surface area contributed by atoms with Crippen LogP contribution in [0.15, 0.2) is 71.2 Å². The lowest BCUT2D eigenvalue weighted by atomic mass is 9.95. The van der Waals surface area contributed by atoms with Crippen LogP contribution in [0.2, 0.25) is 0 Å². The van der Waals surface area contributed by atoms with Crippen LogP contribution in [0.3, 0.4) is 0 Å². The largest absolute Gasteiger partial charge is 0.352 e. The Morgan fingerprint density at radius 3 is 2.70 bits per heavy atom. The second-order valence-electron chi connectivity index (χ2n) is 7.84. The molecule has 1 fully saturated rings. The number of carbonyl (C=O) groups is 2. The molecule has 30 heavy (non-hydrogen) atoms. The number of benzene rings is 3. The van der Waals surface area contributed by atoms with Gasteiger partial charge >= 0.3 is 0 Å². The van der Waals surface area contributed by atoms with Crippen LogP contribution in [0, 0.1) is 5.92 Å². The van der Waals surface area contributed by atoms with Gasteiger partial charge in [-0.25, -0.2) is 0 Å². The summed E-state index contributed by atoms with van der Waals surface area (Å²) in [6.07, 6.45) is 2.05. The molecule has 154 valence electrons. The van der Waals surface area contributed by atoms with Crippen molar-refractivity contribution in [1.82, 2.24) is 10.2 Å². The second kappa shape index (κ2) is 9.43. The third kappa shape index (κ3) is 4.90. The zero-order valence-electron chi connectivity index (χ0n) is 16.8. The van der Waals surface area contributed by atoms with Gasteiger partial charge in [0.15, 0.2) is 0 Å². The maximum Gasteiger partial charge on any atom is 0.227 e. The number of hydrogen-bond donors (Lipinski definition) is 1. The van der Waals surface area contributed by atoms with Crippen LogP contribution in [0.4, 0.5) is 0 Å². The Balaban J connectivity index is 1.37. The van der Waals surface area contributed by atoms with Crippen molar-refractivity contribution in [2.45, 2.75) is 25.8 Å². The van der Waals surface area contributed by atoms with Crippen molar-refractivity contribution in [2.24, 2.45) is 5.92 Å². The van der Waals surface area contributed by atoms with Crippen molar-refractivity contribution < 1.29 is 9.59 Å². The molecule has 4 nitrogen and oxygen atoms in total. The molecule has 1 aliphatic rings. The molecule has 1 aliphatic heterocycles. The van der Waals surface area contributed by atoms with Crippen LogP contribution < -0.4 is 5.32 Å². The van der Waals surface area contributed by atoms with Gasteiger partial charge in [0.2, 0.25) is 11.8 Å². The van der Waals surface area contributed by atoms with Gasteiger partial charge in [-0.2, -0.15) is 0 Å². The number of halogens is 1. The fourth-order valence-electron chi connectivity index (χ4n) is 4.12. The molecule has 3 aromatic carbocycles. The van der Waals surface area contributed by atoms with Crippen LogP contribution >= 0.6 is 15.9 Å². The van der Waals surface area contributed by atoms with Gasteiger partial charge in [0, 0.05) is 24.1 Å². The molecule has 4 rings (SSSR count). The van der Waals surface area contributed by atoms with Crippen molar-refractivity contribution in [3.05, 3.63) is 82.3 Å². The summed E-state index contributed by atoms with van der Waals surface area (Å²) in [5, 5.41) is 5.30. The van der Waals surface area contributed by atoms with Crippen molar-refractivity contribution in [3.63, 3.8) is 0 Å². The molecule has 2 amide bonds. The van der Waals surface area contributed by atoms with Crippen molar-refractivity contribution in [3.8, 4) is 0 Å². The minimum Gasteiger partial charge on any atom is -0.352 e. The van der Waals surface area contributed by atoms with Crippen LogP contribution in [0.1, 0.15) is 24.0 Å². The molecule has 0 spiro atoms. The van der Waals surface area contributed by atoms with Gasteiger partial charge in [-0.15, -0.1) is 0 Å². The summed E-state index contributed by atoms with van der Waals surface area (Å²) in [5.74, 6) is -0.0316. The van der Waals surface area contributed by atoms with E-state index in [0.717, 1.165) is 45.8 Å².